The fraction of sp³-hybridized carbons (Fsp3) is 0.375. The second-order valence-corrected chi connectivity index (χ2v) is 2.72. The Kier molecular flexibility index (Phi) is 1.98. The molecule has 0 spiro atoms. The van der Waals surface area contributed by atoms with Gasteiger partial charge in [-0.3, -0.25) is 0 Å². The Hall–Kier alpha value is -1.25. The molecule has 1 rings (SSSR count). The topological polar surface area (TPSA) is 51.5 Å². The molecular weight excluding hydrogens is 140 g/mol. The SMILES string of the molecule is C=Nc1oc(C(C)C)cc1N. The molecule has 1 aromatic heterocycles. The number of anilines is 1. The van der Waals surface area contributed by atoms with E-state index >= 15 is 0 Å². The lowest BCUT2D eigenvalue weighted by Crippen LogP contribution is -1.82. The van der Waals surface area contributed by atoms with Crippen LogP contribution in [0.4, 0.5) is 11.6 Å². The van der Waals surface area contributed by atoms with Gasteiger partial charge in [0.05, 0.1) is 5.69 Å². The van der Waals surface area contributed by atoms with Crippen LogP contribution < -0.4 is 5.73 Å². The van der Waals surface area contributed by atoms with Gasteiger partial charge in [-0.2, -0.15) is 0 Å². The molecule has 3 nitrogen and oxygen atoms in total. The number of nitrogens with two attached hydrogens (primary N) is 1. The van der Waals surface area contributed by atoms with Crippen LogP contribution in [0.1, 0.15) is 25.5 Å². The zero-order valence-electron chi connectivity index (χ0n) is 6.79. The second-order valence-electron chi connectivity index (χ2n) is 2.72. The lowest BCUT2D eigenvalue weighted by atomic mass is 10.2. The van der Waals surface area contributed by atoms with Crippen molar-refractivity contribution in [2.75, 3.05) is 5.73 Å². The van der Waals surface area contributed by atoms with Crippen molar-refractivity contribution >= 4 is 18.3 Å². The van der Waals surface area contributed by atoms with Crippen molar-refractivity contribution in [3.05, 3.63) is 11.8 Å². The Morgan fingerprint density at radius 1 is 1.64 bits per heavy atom. The first-order valence-corrected chi connectivity index (χ1v) is 3.51. The van der Waals surface area contributed by atoms with E-state index < -0.39 is 0 Å². The molecule has 3 heteroatoms. The standard InChI is InChI=1S/C8H12N2O/c1-5(2)7-4-6(9)8(10-3)11-7/h4-5H,3,9H2,1-2H3. The third-order valence-electron chi connectivity index (χ3n) is 1.47. The van der Waals surface area contributed by atoms with Crippen LogP contribution in [0.2, 0.25) is 0 Å². The lowest BCUT2D eigenvalue weighted by molar-refractivity contribution is 0.497. The van der Waals surface area contributed by atoms with Gasteiger partial charge in [0.1, 0.15) is 5.76 Å². The number of aliphatic imine (C=N–C) groups is 1. The maximum Gasteiger partial charge on any atom is 0.241 e. The Bertz CT molecular complexity index is 263. The summed E-state index contributed by atoms with van der Waals surface area (Å²) in [4.78, 5) is 3.63. The Balaban J connectivity index is 3.04. The van der Waals surface area contributed by atoms with Crippen molar-refractivity contribution < 1.29 is 4.42 Å². The van der Waals surface area contributed by atoms with E-state index in [-0.39, 0.29) is 0 Å². The lowest BCUT2D eigenvalue weighted by Gasteiger charge is -1.95. The summed E-state index contributed by atoms with van der Waals surface area (Å²) in [6, 6.07) is 1.79. The molecule has 11 heavy (non-hydrogen) atoms. The Morgan fingerprint density at radius 3 is 2.55 bits per heavy atom. The molecule has 0 aliphatic carbocycles. The first kappa shape index (κ1) is 7.85. The zero-order chi connectivity index (χ0) is 8.43. The van der Waals surface area contributed by atoms with E-state index in [1.165, 1.54) is 0 Å². The molecule has 1 aromatic rings. The minimum atomic E-state index is 0.341. The summed E-state index contributed by atoms with van der Waals surface area (Å²) in [5.74, 6) is 1.62. The van der Waals surface area contributed by atoms with Crippen LogP contribution in [0.5, 0.6) is 0 Å². The minimum Gasteiger partial charge on any atom is -0.441 e. The third kappa shape index (κ3) is 1.42. The van der Waals surface area contributed by atoms with E-state index in [1.807, 2.05) is 13.8 Å². The van der Waals surface area contributed by atoms with Crippen molar-refractivity contribution in [2.24, 2.45) is 4.99 Å². The summed E-state index contributed by atoms with van der Waals surface area (Å²) >= 11 is 0. The van der Waals surface area contributed by atoms with Crippen LogP contribution in [0.15, 0.2) is 15.5 Å². The van der Waals surface area contributed by atoms with Gasteiger partial charge in [0, 0.05) is 12.0 Å². The van der Waals surface area contributed by atoms with Crippen LogP contribution >= 0.6 is 0 Å². The van der Waals surface area contributed by atoms with E-state index in [0.29, 0.717) is 17.5 Å². The van der Waals surface area contributed by atoms with Gasteiger partial charge in [-0.15, -0.1) is 0 Å². The Morgan fingerprint density at radius 2 is 2.27 bits per heavy atom. The molecular formula is C8H12N2O. The fourth-order valence-corrected chi connectivity index (χ4v) is 0.823. The molecule has 0 radical (unpaired) electrons. The highest BCUT2D eigenvalue weighted by Gasteiger charge is 2.08. The predicted molar refractivity (Wildman–Crippen MR) is 46.4 cm³/mol. The van der Waals surface area contributed by atoms with Crippen molar-refractivity contribution in [3.63, 3.8) is 0 Å². The van der Waals surface area contributed by atoms with E-state index in [2.05, 4.69) is 11.7 Å². The minimum absolute atomic E-state index is 0.341. The summed E-state index contributed by atoms with van der Waals surface area (Å²) in [7, 11) is 0. The van der Waals surface area contributed by atoms with Gasteiger partial charge in [0.15, 0.2) is 0 Å². The predicted octanol–water partition coefficient (Wildman–Crippen LogP) is 2.32. The second kappa shape index (κ2) is 2.78. The summed E-state index contributed by atoms with van der Waals surface area (Å²) in [5, 5.41) is 0. The quantitative estimate of drug-likeness (QED) is 0.661. The third-order valence-corrected chi connectivity index (χ3v) is 1.47. The maximum absolute atomic E-state index is 5.56. The van der Waals surface area contributed by atoms with Crippen LogP contribution in [-0.2, 0) is 0 Å². The molecule has 0 atom stereocenters. The molecule has 60 valence electrons. The van der Waals surface area contributed by atoms with Gasteiger partial charge in [-0.25, -0.2) is 4.99 Å². The van der Waals surface area contributed by atoms with Crippen LogP contribution in [0.25, 0.3) is 0 Å². The van der Waals surface area contributed by atoms with Crippen molar-refractivity contribution in [3.8, 4) is 0 Å². The van der Waals surface area contributed by atoms with Gasteiger partial charge in [-0.1, -0.05) is 13.8 Å². The number of nitrogen functional groups attached to an aromatic ring is 1. The van der Waals surface area contributed by atoms with Gasteiger partial charge in [0.2, 0.25) is 5.88 Å². The van der Waals surface area contributed by atoms with Crippen LogP contribution in [0.3, 0.4) is 0 Å². The number of hydrogen-bond donors (Lipinski definition) is 1. The van der Waals surface area contributed by atoms with Gasteiger partial charge < -0.3 is 10.2 Å². The molecule has 0 fully saturated rings. The van der Waals surface area contributed by atoms with Gasteiger partial charge >= 0.3 is 0 Å². The van der Waals surface area contributed by atoms with Crippen LogP contribution in [-0.4, -0.2) is 6.72 Å². The van der Waals surface area contributed by atoms with E-state index in [0.717, 1.165) is 5.76 Å². The van der Waals surface area contributed by atoms with Crippen molar-refractivity contribution in [2.45, 2.75) is 19.8 Å². The largest absolute Gasteiger partial charge is 0.441 e. The molecule has 0 unspecified atom stereocenters. The zero-order valence-corrected chi connectivity index (χ0v) is 6.79. The van der Waals surface area contributed by atoms with Gasteiger partial charge in [-0.05, 0) is 6.72 Å². The highest BCUT2D eigenvalue weighted by molar-refractivity contribution is 5.59. The molecule has 0 amide bonds. The highest BCUT2D eigenvalue weighted by Crippen LogP contribution is 2.29. The Labute approximate surface area is 65.9 Å². The molecule has 0 saturated heterocycles. The first-order chi connectivity index (χ1) is 5.15. The monoisotopic (exact) mass is 152 g/mol. The highest BCUT2D eigenvalue weighted by atomic mass is 16.4. The average Bonchev–Trinajstić information content (AvgIpc) is 2.31. The van der Waals surface area contributed by atoms with Gasteiger partial charge in [0.25, 0.3) is 0 Å². The summed E-state index contributed by atoms with van der Waals surface area (Å²) in [5.41, 5.74) is 6.12. The number of rotatable bonds is 2. The van der Waals surface area contributed by atoms with Crippen molar-refractivity contribution in [1.29, 1.82) is 0 Å². The van der Waals surface area contributed by atoms with Crippen LogP contribution in [0, 0.1) is 0 Å². The maximum atomic E-state index is 5.56. The number of furan rings is 1. The molecule has 0 aliphatic rings. The average molecular weight is 152 g/mol. The molecule has 0 aromatic carbocycles. The number of nitrogens with zero attached hydrogens (tertiary/aromatic N) is 1. The van der Waals surface area contributed by atoms with E-state index in [4.69, 9.17) is 10.2 Å². The van der Waals surface area contributed by atoms with E-state index in [1.54, 1.807) is 6.07 Å². The molecule has 0 saturated carbocycles. The number of hydrogen-bond acceptors (Lipinski definition) is 3. The summed E-state index contributed by atoms with van der Waals surface area (Å²) in [6.45, 7) is 7.41. The smallest absolute Gasteiger partial charge is 0.241 e. The van der Waals surface area contributed by atoms with E-state index in [9.17, 15) is 0 Å². The molecule has 2 N–H and O–H groups in total. The molecule has 0 bridgehead atoms. The molecule has 1 heterocycles. The van der Waals surface area contributed by atoms with Crippen molar-refractivity contribution in [1.82, 2.24) is 0 Å². The summed E-state index contributed by atoms with van der Waals surface area (Å²) in [6.07, 6.45) is 0. The normalized spacial score (nSPS) is 10.5. The fourth-order valence-electron chi connectivity index (χ4n) is 0.823. The summed E-state index contributed by atoms with van der Waals surface area (Å²) < 4.78 is 5.27. The first-order valence-electron chi connectivity index (χ1n) is 3.51. The molecule has 0 aliphatic heterocycles.